The second-order valence-electron chi connectivity index (χ2n) is 3.46. The number of hydrogen-bond donors (Lipinski definition) is 2. The summed E-state index contributed by atoms with van der Waals surface area (Å²) in [7, 11) is 0. The molecule has 0 bridgehead atoms. The van der Waals surface area contributed by atoms with Gasteiger partial charge >= 0.3 is 5.97 Å². The van der Waals surface area contributed by atoms with Crippen molar-refractivity contribution in [1.82, 2.24) is 0 Å². The highest BCUT2D eigenvalue weighted by molar-refractivity contribution is 5.80. The van der Waals surface area contributed by atoms with Crippen molar-refractivity contribution >= 4 is 11.8 Å². The third-order valence-corrected chi connectivity index (χ3v) is 1.90. The van der Waals surface area contributed by atoms with E-state index in [0.717, 1.165) is 0 Å². The summed E-state index contributed by atoms with van der Waals surface area (Å²) in [5.74, 6) is -0.810. The van der Waals surface area contributed by atoms with Crippen LogP contribution in [0.3, 0.4) is 0 Å². The van der Waals surface area contributed by atoms with Crippen molar-refractivity contribution in [2.75, 3.05) is 0 Å². The minimum Gasteiger partial charge on any atom is -0.480 e. The van der Waals surface area contributed by atoms with Crippen LogP contribution in [-0.2, 0) is 9.59 Å². The molecule has 0 aromatic heterocycles. The van der Waals surface area contributed by atoms with Gasteiger partial charge in [-0.1, -0.05) is 13.8 Å². The molecule has 0 aromatic rings. The molecule has 0 aromatic carbocycles. The molecule has 1 atom stereocenters. The van der Waals surface area contributed by atoms with Crippen LogP contribution in [0.15, 0.2) is 0 Å². The van der Waals surface area contributed by atoms with Gasteiger partial charge in [-0.15, -0.1) is 0 Å². The van der Waals surface area contributed by atoms with Gasteiger partial charge in [0.05, 0.1) is 0 Å². The highest BCUT2D eigenvalue weighted by Crippen LogP contribution is 2.05. The van der Waals surface area contributed by atoms with Crippen LogP contribution < -0.4 is 5.73 Å². The van der Waals surface area contributed by atoms with Crippen LogP contribution in [0, 0.1) is 5.92 Å². The summed E-state index contributed by atoms with van der Waals surface area (Å²) in [6, 6.07) is -0.833. The van der Waals surface area contributed by atoms with Crippen LogP contribution in [0.5, 0.6) is 0 Å². The van der Waals surface area contributed by atoms with E-state index in [1.807, 2.05) is 13.8 Å². The van der Waals surface area contributed by atoms with Crippen LogP contribution in [0.25, 0.3) is 0 Å². The Hall–Kier alpha value is -0.900. The van der Waals surface area contributed by atoms with Gasteiger partial charge < -0.3 is 10.8 Å². The lowest BCUT2D eigenvalue weighted by molar-refractivity contribution is -0.138. The molecule has 0 saturated carbocycles. The average Bonchev–Trinajstić information content (AvgIpc) is 2.03. The number of nitrogens with two attached hydrogens (primary N) is 1. The minimum atomic E-state index is -1.00. The van der Waals surface area contributed by atoms with E-state index in [1.54, 1.807) is 0 Å². The van der Waals surface area contributed by atoms with E-state index < -0.39 is 12.0 Å². The Morgan fingerprint density at radius 3 is 2.31 bits per heavy atom. The maximum Gasteiger partial charge on any atom is 0.320 e. The third-order valence-electron chi connectivity index (χ3n) is 1.90. The van der Waals surface area contributed by atoms with E-state index in [1.165, 1.54) is 0 Å². The van der Waals surface area contributed by atoms with Crippen LogP contribution >= 0.6 is 0 Å². The van der Waals surface area contributed by atoms with Crippen molar-refractivity contribution in [2.45, 2.75) is 39.2 Å². The number of Topliss-reactive ketones (excluding diaryl/α,β-unsaturated/α-hetero) is 1. The third kappa shape index (κ3) is 5.36. The summed E-state index contributed by atoms with van der Waals surface area (Å²) in [6.07, 6.45) is 1.36. The fourth-order valence-electron chi connectivity index (χ4n) is 0.908. The van der Waals surface area contributed by atoms with Gasteiger partial charge in [0.2, 0.25) is 0 Å². The van der Waals surface area contributed by atoms with Crippen molar-refractivity contribution in [3.05, 3.63) is 0 Å². The second-order valence-corrected chi connectivity index (χ2v) is 3.46. The van der Waals surface area contributed by atoms with Gasteiger partial charge in [0.1, 0.15) is 11.8 Å². The number of aliphatic carboxylic acids is 1. The van der Waals surface area contributed by atoms with Crippen LogP contribution in [-0.4, -0.2) is 22.9 Å². The summed E-state index contributed by atoms with van der Waals surface area (Å²) in [5.41, 5.74) is 5.27. The molecule has 0 saturated heterocycles. The van der Waals surface area contributed by atoms with Crippen molar-refractivity contribution < 1.29 is 14.7 Å². The Balaban J connectivity index is 3.56. The summed E-state index contributed by atoms with van der Waals surface area (Å²) >= 11 is 0. The molecule has 0 aliphatic rings. The van der Waals surface area contributed by atoms with E-state index in [-0.39, 0.29) is 11.7 Å². The van der Waals surface area contributed by atoms with Crippen molar-refractivity contribution in [3.63, 3.8) is 0 Å². The predicted molar refractivity (Wildman–Crippen MR) is 49.3 cm³/mol. The van der Waals surface area contributed by atoms with Crippen LogP contribution in [0.2, 0.25) is 0 Å². The van der Waals surface area contributed by atoms with Crippen molar-refractivity contribution in [2.24, 2.45) is 11.7 Å². The highest BCUT2D eigenvalue weighted by Gasteiger charge is 2.12. The molecule has 0 fully saturated rings. The van der Waals surface area contributed by atoms with Gasteiger partial charge in [0.15, 0.2) is 0 Å². The SMILES string of the molecule is CC(C)C(=O)CCC[C@@H](N)C(=O)O. The smallest absolute Gasteiger partial charge is 0.320 e. The molecule has 76 valence electrons. The maximum atomic E-state index is 11.1. The molecule has 4 nitrogen and oxygen atoms in total. The molecule has 0 aliphatic carbocycles. The Kier molecular flexibility index (Phi) is 5.30. The largest absolute Gasteiger partial charge is 0.480 e. The quantitative estimate of drug-likeness (QED) is 0.644. The lowest BCUT2D eigenvalue weighted by Crippen LogP contribution is -2.30. The van der Waals surface area contributed by atoms with E-state index in [2.05, 4.69) is 0 Å². The zero-order chi connectivity index (χ0) is 10.4. The molecule has 0 amide bonds. The van der Waals surface area contributed by atoms with Gasteiger partial charge in [-0.2, -0.15) is 0 Å². The molecule has 0 rings (SSSR count). The van der Waals surface area contributed by atoms with Gasteiger partial charge in [-0.25, -0.2) is 0 Å². The first-order valence-corrected chi connectivity index (χ1v) is 4.46. The summed E-state index contributed by atoms with van der Waals surface area (Å²) in [4.78, 5) is 21.4. The molecular weight excluding hydrogens is 170 g/mol. The van der Waals surface area contributed by atoms with E-state index in [9.17, 15) is 9.59 Å². The standard InChI is InChI=1S/C9H17NO3/c1-6(2)8(11)5-3-4-7(10)9(12)13/h6-7H,3-5,10H2,1-2H3,(H,12,13)/t7-/m1/s1. The number of carboxylic acid groups (broad SMARTS) is 1. The molecule has 0 radical (unpaired) electrons. The topological polar surface area (TPSA) is 80.4 Å². The van der Waals surface area contributed by atoms with Gasteiger partial charge in [-0.3, -0.25) is 9.59 Å². The van der Waals surface area contributed by atoms with Gasteiger partial charge in [0.25, 0.3) is 0 Å². The number of ketones is 1. The van der Waals surface area contributed by atoms with Gasteiger partial charge in [-0.05, 0) is 12.8 Å². The second kappa shape index (κ2) is 5.70. The van der Waals surface area contributed by atoms with E-state index in [0.29, 0.717) is 19.3 Å². The van der Waals surface area contributed by atoms with E-state index >= 15 is 0 Å². The Morgan fingerprint density at radius 1 is 1.38 bits per heavy atom. The monoisotopic (exact) mass is 187 g/mol. The normalized spacial score (nSPS) is 12.9. The van der Waals surface area contributed by atoms with Crippen molar-refractivity contribution in [1.29, 1.82) is 0 Å². The number of carboxylic acids is 1. The number of carbonyl (C=O) groups is 2. The van der Waals surface area contributed by atoms with Gasteiger partial charge in [0, 0.05) is 12.3 Å². The molecular formula is C9H17NO3. The minimum absolute atomic E-state index is 0.0288. The molecule has 0 spiro atoms. The molecule has 0 heterocycles. The summed E-state index contributed by atoms with van der Waals surface area (Å²) < 4.78 is 0. The zero-order valence-corrected chi connectivity index (χ0v) is 8.12. The van der Waals surface area contributed by atoms with Crippen LogP contribution in [0.1, 0.15) is 33.1 Å². The van der Waals surface area contributed by atoms with Crippen LogP contribution in [0.4, 0.5) is 0 Å². The first-order chi connectivity index (χ1) is 5.95. The first-order valence-electron chi connectivity index (χ1n) is 4.46. The molecule has 0 aliphatic heterocycles. The lowest BCUT2D eigenvalue weighted by atomic mass is 10.0. The summed E-state index contributed by atoms with van der Waals surface area (Å²) in [5, 5.41) is 8.45. The molecule has 0 unspecified atom stereocenters. The van der Waals surface area contributed by atoms with E-state index in [4.69, 9.17) is 10.8 Å². The Bertz CT molecular complexity index is 189. The molecule has 3 N–H and O–H groups in total. The number of carbonyl (C=O) groups excluding carboxylic acids is 1. The fourth-order valence-corrected chi connectivity index (χ4v) is 0.908. The maximum absolute atomic E-state index is 11.1. The predicted octanol–water partition coefficient (Wildman–Crippen LogP) is 0.794. The van der Waals surface area contributed by atoms with Crippen molar-refractivity contribution in [3.8, 4) is 0 Å². The zero-order valence-electron chi connectivity index (χ0n) is 8.12. The lowest BCUT2D eigenvalue weighted by Gasteiger charge is -2.06. The highest BCUT2D eigenvalue weighted by atomic mass is 16.4. The number of hydrogen-bond acceptors (Lipinski definition) is 3. The average molecular weight is 187 g/mol. The first kappa shape index (κ1) is 12.1. The molecule has 4 heteroatoms. The Labute approximate surface area is 78.1 Å². The summed E-state index contributed by atoms with van der Waals surface area (Å²) in [6.45, 7) is 3.67. The number of rotatable bonds is 6. The fraction of sp³-hybridized carbons (Fsp3) is 0.778. The Morgan fingerprint density at radius 2 is 1.92 bits per heavy atom. The molecule has 13 heavy (non-hydrogen) atoms.